The highest BCUT2D eigenvalue weighted by Gasteiger charge is 2.12. The lowest BCUT2D eigenvalue weighted by atomic mass is 9.98. The van der Waals surface area contributed by atoms with Gasteiger partial charge in [-0.25, -0.2) is 0 Å². The Morgan fingerprint density at radius 2 is 2.00 bits per heavy atom. The summed E-state index contributed by atoms with van der Waals surface area (Å²) in [7, 11) is 0. The lowest BCUT2D eigenvalue weighted by molar-refractivity contribution is 0.308. The highest BCUT2D eigenvalue weighted by Crippen LogP contribution is 2.28. The van der Waals surface area contributed by atoms with E-state index >= 15 is 0 Å². The first kappa shape index (κ1) is 10.4. The van der Waals surface area contributed by atoms with Crippen LogP contribution in [0.2, 0.25) is 0 Å². The molecule has 74 valence electrons. The first-order valence-corrected chi connectivity index (χ1v) is 5.37. The summed E-state index contributed by atoms with van der Waals surface area (Å²) in [6, 6.07) is 0. The molecule has 0 N–H and O–H groups in total. The molecule has 1 nitrogen and oxygen atoms in total. The zero-order valence-corrected chi connectivity index (χ0v) is 9.02. The van der Waals surface area contributed by atoms with Gasteiger partial charge in [-0.2, -0.15) is 0 Å². The summed E-state index contributed by atoms with van der Waals surface area (Å²) >= 11 is 0. The van der Waals surface area contributed by atoms with Crippen molar-refractivity contribution in [2.75, 3.05) is 0 Å². The lowest BCUT2D eigenvalue weighted by Gasteiger charge is -2.19. The second-order valence-corrected chi connectivity index (χ2v) is 3.55. The predicted molar refractivity (Wildman–Crippen MR) is 56.3 cm³/mol. The summed E-state index contributed by atoms with van der Waals surface area (Å²) in [5.41, 5.74) is 2.93. The van der Waals surface area contributed by atoms with Gasteiger partial charge in [-0.1, -0.05) is 20.8 Å². The Bertz CT molecular complexity index is 223. The maximum absolute atomic E-state index is 5.64. The van der Waals surface area contributed by atoms with Crippen LogP contribution in [0.4, 0.5) is 0 Å². The first-order valence-electron chi connectivity index (χ1n) is 5.37. The molecule has 1 aliphatic heterocycles. The van der Waals surface area contributed by atoms with Crippen LogP contribution in [-0.4, -0.2) is 0 Å². The average molecular weight is 180 g/mol. The van der Waals surface area contributed by atoms with Crippen molar-refractivity contribution in [1.82, 2.24) is 0 Å². The molecule has 0 unspecified atom stereocenters. The van der Waals surface area contributed by atoms with E-state index in [-0.39, 0.29) is 0 Å². The van der Waals surface area contributed by atoms with E-state index in [1.165, 1.54) is 23.3 Å². The zero-order chi connectivity index (χ0) is 9.68. The molecule has 0 fully saturated rings. The largest absolute Gasteiger partial charge is 0.469 e. The van der Waals surface area contributed by atoms with E-state index in [9.17, 15) is 0 Å². The standard InChI is InChI=1S/C12H20O/c1-4-7-12-11(6-3)8-10(5-2)9-13-12/h9H,4-8H2,1-3H3. The van der Waals surface area contributed by atoms with Crippen LogP contribution in [0.15, 0.2) is 23.2 Å². The van der Waals surface area contributed by atoms with E-state index in [0.29, 0.717) is 0 Å². The van der Waals surface area contributed by atoms with Gasteiger partial charge in [0, 0.05) is 6.42 Å². The van der Waals surface area contributed by atoms with Crippen LogP contribution < -0.4 is 0 Å². The second-order valence-electron chi connectivity index (χ2n) is 3.55. The molecule has 0 saturated carbocycles. The average Bonchev–Trinajstić information content (AvgIpc) is 2.19. The number of ether oxygens (including phenoxy) is 1. The lowest BCUT2D eigenvalue weighted by Crippen LogP contribution is -2.02. The van der Waals surface area contributed by atoms with Crippen molar-refractivity contribution in [3.63, 3.8) is 0 Å². The predicted octanol–water partition coefficient (Wildman–Crippen LogP) is 4.16. The molecule has 0 aromatic heterocycles. The third-order valence-corrected chi connectivity index (χ3v) is 2.56. The van der Waals surface area contributed by atoms with Gasteiger partial charge in [0.2, 0.25) is 0 Å². The molecule has 0 aliphatic carbocycles. The molecule has 0 aromatic carbocycles. The molecule has 0 saturated heterocycles. The molecular weight excluding hydrogens is 160 g/mol. The number of rotatable bonds is 4. The Hall–Kier alpha value is -0.720. The van der Waals surface area contributed by atoms with Gasteiger partial charge in [-0.05, 0) is 36.8 Å². The van der Waals surface area contributed by atoms with Crippen LogP contribution in [0.25, 0.3) is 0 Å². The van der Waals surface area contributed by atoms with Crippen LogP contribution in [0, 0.1) is 0 Å². The van der Waals surface area contributed by atoms with Crippen LogP contribution in [-0.2, 0) is 4.74 Å². The molecule has 1 heteroatoms. The van der Waals surface area contributed by atoms with E-state index < -0.39 is 0 Å². The van der Waals surface area contributed by atoms with Crippen molar-refractivity contribution in [1.29, 1.82) is 0 Å². The Balaban J connectivity index is 2.65. The fourth-order valence-corrected chi connectivity index (χ4v) is 1.65. The fourth-order valence-electron chi connectivity index (χ4n) is 1.65. The third kappa shape index (κ3) is 2.61. The summed E-state index contributed by atoms with van der Waals surface area (Å²) in [5.74, 6) is 1.22. The van der Waals surface area contributed by atoms with Crippen LogP contribution >= 0.6 is 0 Å². The molecule has 0 aromatic rings. The molecular formula is C12H20O. The van der Waals surface area contributed by atoms with Gasteiger partial charge in [0.1, 0.15) is 5.76 Å². The Kier molecular flexibility index (Phi) is 4.07. The fraction of sp³-hybridized carbons (Fsp3) is 0.667. The minimum atomic E-state index is 1.09. The molecule has 0 amide bonds. The van der Waals surface area contributed by atoms with Gasteiger partial charge >= 0.3 is 0 Å². The van der Waals surface area contributed by atoms with E-state index in [4.69, 9.17) is 4.74 Å². The number of allylic oxidation sites excluding steroid dienone is 3. The molecule has 1 rings (SSSR count). The first-order chi connectivity index (χ1) is 6.31. The molecule has 1 aliphatic rings. The summed E-state index contributed by atoms with van der Waals surface area (Å²) in [4.78, 5) is 0. The summed E-state index contributed by atoms with van der Waals surface area (Å²) in [6.07, 6.45) is 7.60. The molecule has 0 spiro atoms. The zero-order valence-electron chi connectivity index (χ0n) is 9.02. The van der Waals surface area contributed by atoms with E-state index in [0.717, 1.165) is 25.7 Å². The normalized spacial score (nSPS) is 17.0. The van der Waals surface area contributed by atoms with Gasteiger partial charge < -0.3 is 4.74 Å². The SMILES string of the molecule is CCCC1=C(CC)CC(CC)=CO1. The molecule has 0 radical (unpaired) electrons. The second kappa shape index (κ2) is 5.11. The Labute approximate surface area is 81.5 Å². The van der Waals surface area contributed by atoms with E-state index in [2.05, 4.69) is 20.8 Å². The maximum Gasteiger partial charge on any atom is 0.103 e. The van der Waals surface area contributed by atoms with Gasteiger partial charge in [0.25, 0.3) is 0 Å². The smallest absolute Gasteiger partial charge is 0.103 e. The monoisotopic (exact) mass is 180 g/mol. The van der Waals surface area contributed by atoms with Crippen LogP contribution in [0.5, 0.6) is 0 Å². The Morgan fingerprint density at radius 1 is 1.23 bits per heavy atom. The van der Waals surface area contributed by atoms with Crippen molar-refractivity contribution in [2.24, 2.45) is 0 Å². The van der Waals surface area contributed by atoms with Crippen molar-refractivity contribution < 1.29 is 4.74 Å². The van der Waals surface area contributed by atoms with Crippen molar-refractivity contribution in [3.8, 4) is 0 Å². The molecule has 13 heavy (non-hydrogen) atoms. The van der Waals surface area contributed by atoms with E-state index in [1.807, 2.05) is 6.26 Å². The number of hydrogen-bond acceptors (Lipinski definition) is 1. The van der Waals surface area contributed by atoms with E-state index in [1.54, 1.807) is 0 Å². The summed E-state index contributed by atoms with van der Waals surface area (Å²) in [6.45, 7) is 6.60. The Morgan fingerprint density at radius 3 is 2.54 bits per heavy atom. The minimum Gasteiger partial charge on any atom is -0.469 e. The van der Waals surface area contributed by atoms with Gasteiger partial charge in [0.15, 0.2) is 0 Å². The molecule has 0 bridgehead atoms. The van der Waals surface area contributed by atoms with Gasteiger partial charge in [-0.15, -0.1) is 0 Å². The van der Waals surface area contributed by atoms with Crippen LogP contribution in [0.1, 0.15) is 52.9 Å². The van der Waals surface area contributed by atoms with Crippen molar-refractivity contribution >= 4 is 0 Å². The van der Waals surface area contributed by atoms with Crippen LogP contribution in [0.3, 0.4) is 0 Å². The highest BCUT2D eigenvalue weighted by molar-refractivity contribution is 5.21. The minimum absolute atomic E-state index is 1.09. The topological polar surface area (TPSA) is 9.23 Å². The summed E-state index contributed by atoms with van der Waals surface area (Å²) in [5, 5.41) is 0. The van der Waals surface area contributed by atoms with Crippen molar-refractivity contribution in [2.45, 2.75) is 52.9 Å². The quantitative estimate of drug-likeness (QED) is 0.631. The highest BCUT2D eigenvalue weighted by atomic mass is 16.5. The van der Waals surface area contributed by atoms with Gasteiger partial charge in [0.05, 0.1) is 6.26 Å². The van der Waals surface area contributed by atoms with Crippen molar-refractivity contribution in [3.05, 3.63) is 23.2 Å². The summed E-state index contributed by atoms with van der Waals surface area (Å²) < 4.78 is 5.64. The third-order valence-electron chi connectivity index (χ3n) is 2.56. The van der Waals surface area contributed by atoms with Gasteiger partial charge in [-0.3, -0.25) is 0 Å². The maximum atomic E-state index is 5.64. The number of hydrogen-bond donors (Lipinski definition) is 0. The molecule has 1 heterocycles. The molecule has 0 atom stereocenters.